The lowest BCUT2D eigenvalue weighted by Crippen LogP contribution is -2.29. The van der Waals surface area contributed by atoms with Gasteiger partial charge in [0, 0.05) is 18.3 Å². The van der Waals surface area contributed by atoms with Gasteiger partial charge < -0.3 is 5.32 Å². The number of hydrogen-bond donors (Lipinski definition) is 1. The van der Waals surface area contributed by atoms with Crippen LogP contribution in [-0.4, -0.2) is 18.1 Å². The van der Waals surface area contributed by atoms with Gasteiger partial charge in [-0.15, -0.1) is 11.3 Å². The van der Waals surface area contributed by atoms with Crippen molar-refractivity contribution in [3.63, 3.8) is 0 Å². The molecule has 0 radical (unpaired) electrons. The Morgan fingerprint density at radius 2 is 2.43 bits per heavy atom. The third kappa shape index (κ3) is 4.34. The first-order chi connectivity index (χ1) is 6.76. The largest absolute Gasteiger partial charge is 0.309 e. The van der Waals surface area contributed by atoms with Crippen LogP contribution in [0.25, 0.3) is 0 Å². The van der Waals surface area contributed by atoms with E-state index in [4.69, 9.17) is 0 Å². The minimum Gasteiger partial charge on any atom is -0.309 e. The summed E-state index contributed by atoms with van der Waals surface area (Å²) in [5.74, 6) is 1.20. The number of halogens is 1. The molecule has 1 atom stereocenters. The third-order valence-corrected chi connectivity index (χ3v) is 4.37. The minimum atomic E-state index is 0.642. The molecule has 1 rings (SSSR count). The first-order valence-electron chi connectivity index (χ1n) is 4.71. The molecule has 1 nitrogen and oxygen atoms in total. The zero-order valence-corrected chi connectivity index (χ0v) is 11.8. The number of thioether (sulfide) groups is 1. The number of nitrogens with one attached hydrogen (secondary N) is 1. The van der Waals surface area contributed by atoms with E-state index >= 15 is 0 Å². The molecule has 1 aromatic heterocycles. The monoisotopic (exact) mass is 293 g/mol. The average Bonchev–Trinajstić information content (AvgIpc) is 2.59. The van der Waals surface area contributed by atoms with Gasteiger partial charge in [-0.25, -0.2) is 0 Å². The maximum Gasteiger partial charge on any atom is 0.0701 e. The Morgan fingerprint density at radius 1 is 1.64 bits per heavy atom. The maximum absolute atomic E-state index is 3.56. The van der Waals surface area contributed by atoms with Crippen LogP contribution >= 0.6 is 39.0 Å². The highest BCUT2D eigenvalue weighted by Gasteiger charge is 2.04. The SMILES string of the molecule is CCC(CSC)NCc1csc(Br)c1. The van der Waals surface area contributed by atoms with Gasteiger partial charge in [-0.05, 0) is 45.6 Å². The van der Waals surface area contributed by atoms with Crippen LogP contribution in [0, 0.1) is 0 Å². The van der Waals surface area contributed by atoms with Crippen LogP contribution in [0.4, 0.5) is 0 Å². The first-order valence-corrected chi connectivity index (χ1v) is 7.78. The van der Waals surface area contributed by atoms with Gasteiger partial charge in [0.05, 0.1) is 3.79 Å². The molecule has 0 aliphatic carbocycles. The lowest BCUT2D eigenvalue weighted by Gasteiger charge is -2.14. The Hall–Kier alpha value is 0.490. The maximum atomic E-state index is 3.56. The van der Waals surface area contributed by atoms with Gasteiger partial charge in [0.25, 0.3) is 0 Å². The van der Waals surface area contributed by atoms with Crippen molar-refractivity contribution in [2.45, 2.75) is 25.9 Å². The molecule has 14 heavy (non-hydrogen) atoms. The van der Waals surface area contributed by atoms with Crippen molar-refractivity contribution >= 4 is 39.0 Å². The smallest absolute Gasteiger partial charge is 0.0701 e. The van der Waals surface area contributed by atoms with E-state index in [0.717, 1.165) is 6.54 Å². The second kappa shape index (κ2) is 6.88. The van der Waals surface area contributed by atoms with Gasteiger partial charge in [-0.1, -0.05) is 6.92 Å². The predicted molar refractivity (Wildman–Crippen MR) is 71.3 cm³/mol. The molecule has 0 bridgehead atoms. The number of rotatable bonds is 6. The van der Waals surface area contributed by atoms with Crippen molar-refractivity contribution in [3.05, 3.63) is 20.8 Å². The molecule has 0 spiro atoms. The van der Waals surface area contributed by atoms with Crippen LogP contribution in [0.1, 0.15) is 18.9 Å². The molecule has 0 aliphatic rings. The second-order valence-corrected chi connectivity index (χ2v) is 6.40. The molecule has 1 aromatic rings. The predicted octanol–water partition coefficient (Wildman–Crippen LogP) is 3.74. The topological polar surface area (TPSA) is 12.0 Å². The normalized spacial score (nSPS) is 13.1. The first kappa shape index (κ1) is 12.6. The molecular formula is C10H16BrNS2. The molecule has 0 saturated carbocycles. The fraction of sp³-hybridized carbons (Fsp3) is 0.600. The lowest BCUT2D eigenvalue weighted by atomic mass is 10.2. The summed E-state index contributed by atoms with van der Waals surface area (Å²) in [5, 5.41) is 5.76. The summed E-state index contributed by atoms with van der Waals surface area (Å²) in [7, 11) is 0. The van der Waals surface area contributed by atoms with E-state index in [1.807, 2.05) is 11.8 Å². The summed E-state index contributed by atoms with van der Waals surface area (Å²) in [5.41, 5.74) is 1.38. The van der Waals surface area contributed by atoms with Crippen molar-refractivity contribution < 1.29 is 0 Å². The van der Waals surface area contributed by atoms with Crippen LogP contribution in [0.15, 0.2) is 15.2 Å². The Kier molecular flexibility index (Phi) is 6.17. The van der Waals surface area contributed by atoms with E-state index in [9.17, 15) is 0 Å². The van der Waals surface area contributed by atoms with Crippen LogP contribution in [0.3, 0.4) is 0 Å². The highest BCUT2D eigenvalue weighted by Crippen LogP contribution is 2.20. The van der Waals surface area contributed by atoms with E-state index in [0.29, 0.717) is 6.04 Å². The van der Waals surface area contributed by atoms with Crippen molar-refractivity contribution in [1.82, 2.24) is 5.32 Å². The fourth-order valence-corrected chi connectivity index (χ4v) is 3.19. The summed E-state index contributed by atoms with van der Waals surface area (Å²) in [6, 6.07) is 2.83. The molecule has 1 unspecified atom stereocenters. The zero-order chi connectivity index (χ0) is 10.4. The van der Waals surface area contributed by atoms with Gasteiger partial charge in [0.2, 0.25) is 0 Å². The molecule has 0 fully saturated rings. The summed E-state index contributed by atoms with van der Waals surface area (Å²) in [6.07, 6.45) is 3.36. The summed E-state index contributed by atoms with van der Waals surface area (Å²) < 4.78 is 1.22. The van der Waals surface area contributed by atoms with Crippen LogP contribution in [-0.2, 0) is 6.54 Å². The molecule has 80 valence electrons. The third-order valence-electron chi connectivity index (χ3n) is 2.08. The van der Waals surface area contributed by atoms with Gasteiger partial charge in [-0.2, -0.15) is 11.8 Å². The summed E-state index contributed by atoms with van der Waals surface area (Å²) >= 11 is 7.13. The lowest BCUT2D eigenvalue weighted by molar-refractivity contribution is 0.542. The quantitative estimate of drug-likeness (QED) is 0.857. The summed E-state index contributed by atoms with van der Waals surface area (Å²) in [4.78, 5) is 0. The van der Waals surface area contributed by atoms with Gasteiger partial charge in [0.15, 0.2) is 0 Å². The van der Waals surface area contributed by atoms with Gasteiger partial charge in [0.1, 0.15) is 0 Å². The second-order valence-electron chi connectivity index (χ2n) is 3.20. The van der Waals surface area contributed by atoms with Gasteiger partial charge >= 0.3 is 0 Å². The minimum absolute atomic E-state index is 0.642. The molecular weight excluding hydrogens is 278 g/mol. The van der Waals surface area contributed by atoms with Crippen molar-refractivity contribution in [1.29, 1.82) is 0 Å². The van der Waals surface area contributed by atoms with E-state index in [1.54, 1.807) is 11.3 Å². The van der Waals surface area contributed by atoms with E-state index < -0.39 is 0 Å². The molecule has 0 aromatic carbocycles. The zero-order valence-electron chi connectivity index (χ0n) is 8.55. The molecule has 0 aliphatic heterocycles. The molecule has 0 saturated heterocycles. The van der Waals surface area contributed by atoms with Crippen LogP contribution in [0.5, 0.6) is 0 Å². The van der Waals surface area contributed by atoms with Crippen molar-refractivity contribution in [2.24, 2.45) is 0 Å². The Morgan fingerprint density at radius 3 is 2.93 bits per heavy atom. The standard InChI is InChI=1S/C10H16BrNS2/c1-3-9(7-13-2)12-5-8-4-10(11)14-6-8/h4,6,9,12H,3,5,7H2,1-2H3. The number of hydrogen-bond acceptors (Lipinski definition) is 3. The Labute approximate surface area is 103 Å². The molecule has 0 amide bonds. The Bertz CT molecular complexity index is 262. The molecule has 4 heteroatoms. The van der Waals surface area contributed by atoms with Crippen molar-refractivity contribution in [3.8, 4) is 0 Å². The highest BCUT2D eigenvalue weighted by atomic mass is 79.9. The summed E-state index contributed by atoms with van der Waals surface area (Å²) in [6.45, 7) is 3.22. The van der Waals surface area contributed by atoms with E-state index in [2.05, 4.69) is 45.9 Å². The Balaban J connectivity index is 2.31. The molecule has 1 heterocycles. The van der Waals surface area contributed by atoms with Crippen LogP contribution in [0.2, 0.25) is 0 Å². The highest BCUT2D eigenvalue weighted by molar-refractivity contribution is 9.11. The van der Waals surface area contributed by atoms with Crippen LogP contribution < -0.4 is 5.32 Å². The van der Waals surface area contributed by atoms with E-state index in [1.165, 1.54) is 21.5 Å². The van der Waals surface area contributed by atoms with Gasteiger partial charge in [-0.3, -0.25) is 0 Å². The number of thiophene rings is 1. The van der Waals surface area contributed by atoms with Crippen molar-refractivity contribution in [2.75, 3.05) is 12.0 Å². The van der Waals surface area contributed by atoms with E-state index in [-0.39, 0.29) is 0 Å². The average molecular weight is 294 g/mol. The molecule has 1 N–H and O–H groups in total. The fourth-order valence-electron chi connectivity index (χ4n) is 1.22.